The Labute approximate surface area is 147 Å². The number of anilines is 1. The summed E-state index contributed by atoms with van der Waals surface area (Å²) in [5.74, 6) is 1.12. The molecule has 0 amide bonds. The lowest BCUT2D eigenvalue weighted by Crippen LogP contribution is -2.08. The zero-order chi connectivity index (χ0) is 16.5. The van der Waals surface area contributed by atoms with E-state index in [1.807, 2.05) is 18.2 Å². The molecule has 24 heavy (non-hydrogen) atoms. The smallest absolute Gasteiger partial charge is 0.133 e. The Hall–Kier alpha value is -2.26. The zero-order valence-electron chi connectivity index (χ0n) is 13.7. The van der Waals surface area contributed by atoms with Crippen LogP contribution in [0, 0.1) is 6.92 Å². The van der Waals surface area contributed by atoms with Crippen LogP contribution in [-0.4, -0.2) is 16.3 Å². The Morgan fingerprint density at radius 1 is 1.08 bits per heavy atom. The van der Waals surface area contributed by atoms with Crippen LogP contribution in [0.15, 0.2) is 48.5 Å². The molecule has 1 aromatic heterocycles. The fourth-order valence-corrected chi connectivity index (χ4v) is 3.54. The van der Waals surface area contributed by atoms with Gasteiger partial charge < -0.3 is 5.32 Å². The second-order valence-corrected chi connectivity index (χ2v) is 6.70. The number of hydrogen-bond acceptors (Lipinski definition) is 2. The van der Waals surface area contributed by atoms with E-state index in [1.54, 1.807) is 0 Å². The van der Waals surface area contributed by atoms with Crippen LogP contribution in [-0.2, 0) is 6.42 Å². The molecule has 0 fully saturated rings. The van der Waals surface area contributed by atoms with Crippen molar-refractivity contribution in [2.75, 3.05) is 11.9 Å². The minimum absolute atomic E-state index is 0.744. The Morgan fingerprint density at radius 2 is 1.96 bits per heavy atom. The summed E-state index contributed by atoms with van der Waals surface area (Å²) in [7, 11) is 0. The van der Waals surface area contributed by atoms with E-state index >= 15 is 0 Å². The number of rotatable bonds is 2. The molecule has 0 radical (unpaired) electrons. The lowest BCUT2D eigenvalue weighted by atomic mass is 10.0. The maximum Gasteiger partial charge on any atom is 0.133 e. The molecule has 1 N–H and O–H groups in total. The number of aryl methyl sites for hydroxylation is 1. The normalized spacial score (nSPS) is 13.9. The number of aromatic nitrogens is 2. The average molecular weight is 338 g/mol. The molecule has 0 atom stereocenters. The van der Waals surface area contributed by atoms with Gasteiger partial charge in [0.1, 0.15) is 5.82 Å². The molecule has 2 heterocycles. The van der Waals surface area contributed by atoms with Gasteiger partial charge in [0.05, 0.1) is 11.4 Å². The third-order valence-corrected chi connectivity index (χ3v) is 4.81. The Balaban J connectivity index is 1.94. The number of fused-ring (bicyclic) bond motifs is 1. The van der Waals surface area contributed by atoms with E-state index in [9.17, 15) is 0 Å². The highest BCUT2D eigenvalue weighted by atomic mass is 35.5. The minimum atomic E-state index is 0.744. The van der Waals surface area contributed by atoms with Crippen molar-refractivity contribution in [3.05, 3.63) is 64.7 Å². The predicted molar refractivity (Wildman–Crippen MR) is 100 cm³/mol. The summed E-state index contributed by atoms with van der Waals surface area (Å²) >= 11 is 6.21. The van der Waals surface area contributed by atoms with Gasteiger partial charge in [0, 0.05) is 22.7 Å². The summed E-state index contributed by atoms with van der Waals surface area (Å²) in [6.07, 6.45) is 3.39. The average Bonchev–Trinajstić information content (AvgIpc) is 2.77. The van der Waals surface area contributed by atoms with Gasteiger partial charge in [-0.05, 0) is 49.9 Å². The first-order chi connectivity index (χ1) is 11.7. The lowest BCUT2D eigenvalue weighted by molar-refractivity contribution is 0.779. The molecule has 4 rings (SSSR count). The first kappa shape index (κ1) is 15.3. The Bertz CT molecular complexity index is 882. The van der Waals surface area contributed by atoms with E-state index < -0.39 is 0 Å². The van der Waals surface area contributed by atoms with Crippen LogP contribution in [0.3, 0.4) is 0 Å². The first-order valence-corrected chi connectivity index (χ1v) is 8.79. The topological polar surface area (TPSA) is 29.9 Å². The highest BCUT2D eigenvalue weighted by molar-refractivity contribution is 6.30. The quantitative estimate of drug-likeness (QED) is 0.692. The van der Waals surface area contributed by atoms with E-state index in [-0.39, 0.29) is 0 Å². The van der Waals surface area contributed by atoms with Crippen LogP contribution in [0.25, 0.3) is 16.9 Å². The Kier molecular flexibility index (Phi) is 4.03. The van der Waals surface area contributed by atoms with Gasteiger partial charge in [-0.2, -0.15) is 5.10 Å². The van der Waals surface area contributed by atoms with Crippen molar-refractivity contribution >= 4 is 17.4 Å². The number of halogens is 1. The summed E-state index contributed by atoms with van der Waals surface area (Å²) in [6, 6.07) is 16.3. The maximum absolute atomic E-state index is 6.21. The molecule has 122 valence electrons. The van der Waals surface area contributed by atoms with Crippen molar-refractivity contribution in [2.24, 2.45) is 0 Å². The van der Waals surface area contributed by atoms with Crippen LogP contribution in [0.4, 0.5) is 5.82 Å². The molecule has 0 bridgehead atoms. The number of para-hydroxylation sites is 1. The van der Waals surface area contributed by atoms with Crippen molar-refractivity contribution in [2.45, 2.75) is 26.2 Å². The number of hydrogen-bond donors (Lipinski definition) is 1. The van der Waals surface area contributed by atoms with Gasteiger partial charge in [0.25, 0.3) is 0 Å². The first-order valence-electron chi connectivity index (χ1n) is 8.42. The standard InChI is InChI=1S/C20H20ClN3/c1-14-7-2-3-11-18(14)24-20-17(10-4-5-12-22-20)19(23-24)15-8-6-9-16(21)13-15/h2-3,6-9,11,13,22H,4-5,10,12H2,1H3. The molecule has 2 aromatic carbocycles. The lowest BCUT2D eigenvalue weighted by Gasteiger charge is -2.11. The minimum Gasteiger partial charge on any atom is -0.370 e. The molecule has 0 unspecified atom stereocenters. The van der Waals surface area contributed by atoms with Gasteiger partial charge in [0.15, 0.2) is 0 Å². The van der Waals surface area contributed by atoms with Gasteiger partial charge in [0.2, 0.25) is 0 Å². The molecular weight excluding hydrogens is 318 g/mol. The van der Waals surface area contributed by atoms with Crippen molar-refractivity contribution < 1.29 is 0 Å². The monoisotopic (exact) mass is 337 g/mol. The van der Waals surface area contributed by atoms with Gasteiger partial charge in [-0.1, -0.05) is 41.9 Å². The van der Waals surface area contributed by atoms with Crippen LogP contribution >= 0.6 is 11.6 Å². The van der Waals surface area contributed by atoms with Gasteiger partial charge >= 0.3 is 0 Å². The SMILES string of the molecule is Cc1ccccc1-n1nc(-c2cccc(Cl)c2)c2c1NCCCC2. The number of nitrogens with one attached hydrogen (secondary N) is 1. The largest absolute Gasteiger partial charge is 0.370 e. The molecule has 0 aliphatic carbocycles. The second kappa shape index (κ2) is 6.33. The number of benzene rings is 2. The molecule has 1 aliphatic heterocycles. The summed E-state index contributed by atoms with van der Waals surface area (Å²) in [5, 5.41) is 9.31. The highest BCUT2D eigenvalue weighted by Gasteiger charge is 2.22. The molecule has 0 saturated carbocycles. The molecule has 4 heteroatoms. The van der Waals surface area contributed by atoms with Crippen LogP contribution < -0.4 is 5.32 Å². The third-order valence-electron chi connectivity index (χ3n) is 4.57. The second-order valence-electron chi connectivity index (χ2n) is 6.27. The molecule has 3 aromatic rings. The Morgan fingerprint density at radius 3 is 2.79 bits per heavy atom. The zero-order valence-corrected chi connectivity index (χ0v) is 14.5. The van der Waals surface area contributed by atoms with Crippen molar-refractivity contribution in [1.82, 2.24) is 9.78 Å². The molecule has 1 aliphatic rings. The van der Waals surface area contributed by atoms with E-state index in [0.717, 1.165) is 40.8 Å². The van der Waals surface area contributed by atoms with Crippen LogP contribution in [0.1, 0.15) is 24.0 Å². The van der Waals surface area contributed by atoms with E-state index in [4.69, 9.17) is 16.7 Å². The van der Waals surface area contributed by atoms with Gasteiger partial charge in [-0.15, -0.1) is 0 Å². The van der Waals surface area contributed by atoms with E-state index in [1.165, 1.54) is 24.0 Å². The molecule has 0 saturated heterocycles. The van der Waals surface area contributed by atoms with Crippen LogP contribution in [0.5, 0.6) is 0 Å². The highest BCUT2D eigenvalue weighted by Crippen LogP contribution is 2.35. The predicted octanol–water partition coefficient (Wildman–Crippen LogP) is 5.25. The summed E-state index contributed by atoms with van der Waals surface area (Å²) < 4.78 is 2.06. The maximum atomic E-state index is 6.21. The van der Waals surface area contributed by atoms with Gasteiger partial charge in [-0.3, -0.25) is 0 Å². The summed E-state index contributed by atoms with van der Waals surface area (Å²) in [5.41, 5.74) is 5.74. The number of nitrogens with zero attached hydrogens (tertiary/aromatic N) is 2. The fourth-order valence-electron chi connectivity index (χ4n) is 3.35. The molecule has 0 spiro atoms. The van der Waals surface area contributed by atoms with Crippen LogP contribution in [0.2, 0.25) is 5.02 Å². The van der Waals surface area contributed by atoms with E-state index in [0.29, 0.717) is 0 Å². The van der Waals surface area contributed by atoms with Crippen molar-refractivity contribution in [1.29, 1.82) is 0 Å². The fraction of sp³-hybridized carbons (Fsp3) is 0.250. The molecular formula is C20H20ClN3. The molecule has 3 nitrogen and oxygen atoms in total. The van der Waals surface area contributed by atoms with E-state index in [2.05, 4.69) is 47.3 Å². The van der Waals surface area contributed by atoms with Gasteiger partial charge in [-0.25, -0.2) is 4.68 Å². The van der Waals surface area contributed by atoms with Crippen molar-refractivity contribution in [3.8, 4) is 16.9 Å². The summed E-state index contributed by atoms with van der Waals surface area (Å²) in [4.78, 5) is 0. The van der Waals surface area contributed by atoms with Crippen molar-refractivity contribution in [3.63, 3.8) is 0 Å². The summed E-state index contributed by atoms with van der Waals surface area (Å²) in [6.45, 7) is 3.11. The third kappa shape index (κ3) is 2.69.